The average molecular weight is 355 g/mol. The normalized spacial score (nSPS) is 14.6. The van der Waals surface area contributed by atoms with Crippen LogP contribution in [0.5, 0.6) is 0 Å². The molecule has 25 heavy (non-hydrogen) atoms. The van der Waals surface area contributed by atoms with Crippen LogP contribution in [0.3, 0.4) is 0 Å². The first-order valence-electron chi connectivity index (χ1n) is 8.40. The van der Waals surface area contributed by atoms with Gasteiger partial charge in [-0.3, -0.25) is 9.59 Å². The van der Waals surface area contributed by atoms with Crippen LogP contribution in [-0.4, -0.2) is 24.2 Å². The minimum Gasteiger partial charge on any atom is -0.455 e. The highest BCUT2D eigenvalue weighted by Gasteiger charge is 2.33. The van der Waals surface area contributed by atoms with Gasteiger partial charge in [-0.1, -0.05) is 48.5 Å². The maximum absolute atomic E-state index is 12.1. The van der Waals surface area contributed by atoms with E-state index in [4.69, 9.17) is 4.74 Å². The van der Waals surface area contributed by atoms with Gasteiger partial charge in [0.15, 0.2) is 6.61 Å². The van der Waals surface area contributed by atoms with E-state index in [0.29, 0.717) is 5.92 Å². The summed E-state index contributed by atoms with van der Waals surface area (Å²) in [5, 5.41) is 3.00. The highest BCUT2D eigenvalue weighted by atomic mass is 32.2. The van der Waals surface area contributed by atoms with E-state index in [0.717, 1.165) is 23.3 Å². The fourth-order valence-electron chi connectivity index (χ4n) is 2.63. The molecule has 0 saturated heterocycles. The van der Waals surface area contributed by atoms with Gasteiger partial charge in [0.05, 0.1) is 11.8 Å². The molecule has 0 radical (unpaired) electrons. The highest BCUT2D eigenvalue weighted by molar-refractivity contribution is 8.00. The average Bonchev–Trinajstić information content (AvgIpc) is 3.49. The van der Waals surface area contributed by atoms with E-state index in [1.54, 1.807) is 0 Å². The van der Waals surface area contributed by atoms with Crippen molar-refractivity contribution in [2.24, 2.45) is 5.92 Å². The molecule has 4 nitrogen and oxygen atoms in total. The van der Waals surface area contributed by atoms with Crippen molar-refractivity contribution in [3.63, 3.8) is 0 Å². The first-order chi connectivity index (χ1) is 12.2. The zero-order valence-electron chi connectivity index (χ0n) is 13.9. The van der Waals surface area contributed by atoms with E-state index < -0.39 is 0 Å². The van der Waals surface area contributed by atoms with Crippen LogP contribution < -0.4 is 5.32 Å². The third kappa shape index (κ3) is 5.64. The van der Waals surface area contributed by atoms with E-state index in [-0.39, 0.29) is 30.3 Å². The second-order valence-corrected chi connectivity index (χ2v) is 7.10. The highest BCUT2D eigenvalue weighted by Crippen LogP contribution is 2.40. The molecule has 1 N–H and O–H groups in total. The fraction of sp³-hybridized carbons (Fsp3) is 0.300. The lowest BCUT2D eigenvalue weighted by Crippen LogP contribution is -2.33. The Bertz CT molecular complexity index is 701. The molecule has 1 aliphatic rings. The summed E-state index contributed by atoms with van der Waals surface area (Å²) in [5.74, 6) is 0.0448. The SMILES string of the molecule is O=C(COC(=O)CSc1ccccc1)NC(c1ccccc1)C1CC1. The standard InChI is InChI=1S/C20H21NO3S/c22-18(13-24-19(23)14-25-17-9-5-2-6-10-17)21-20(16-11-12-16)15-7-3-1-4-8-15/h1-10,16,20H,11-14H2,(H,21,22). The quantitative estimate of drug-likeness (QED) is 0.581. The maximum atomic E-state index is 12.1. The van der Waals surface area contributed by atoms with E-state index in [2.05, 4.69) is 5.32 Å². The summed E-state index contributed by atoms with van der Waals surface area (Å²) < 4.78 is 5.09. The lowest BCUT2D eigenvalue weighted by Gasteiger charge is -2.18. The van der Waals surface area contributed by atoms with Crippen molar-refractivity contribution in [3.05, 3.63) is 66.2 Å². The number of hydrogen-bond acceptors (Lipinski definition) is 4. The molecule has 0 heterocycles. The van der Waals surface area contributed by atoms with Crippen LogP contribution in [0.15, 0.2) is 65.6 Å². The Hall–Kier alpha value is -2.27. The summed E-state index contributed by atoms with van der Waals surface area (Å²) in [5.41, 5.74) is 1.10. The largest absolute Gasteiger partial charge is 0.455 e. The molecule has 0 bridgehead atoms. The van der Waals surface area contributed by atoms with Crippen LogP contribution in [0.2, 0.25) is 0 Å². The molecule has 1 atom stereocenters. The topological polar surface area (TPSA) is 55.4 Å². The summed E-state index contributed by atoms with van der Waals surface area (Å²) in [6.07, 6.45) is 2.24. The lowest BCUT2D eigenvalue weighted by atomic mass is 10.0. The Morgan fingerprint density at radius 3 is 2.32 bits per heavy atom. The van der Waals surface area contributed by atoms with Gasteiger partial charge in [0, 0.05) is 4.90 Å². The first-order valence-corrected chi connectivity index (χ1v) is 9.39. The molecule has 0 aliphatic heterocycles. The van der Waals surface area contributed by atoms with Gasteiger partial charge < -0.3 is 10.1 Å². The van der Waals surface area contributed by atoms with Gasteiger partial charge in [-0.2, -0.15) is 0 Å². The van der Waals surface area contributed by atoms with Gasteiger partial charge in [0.25, 0.3) is 5.91 Å². The van der Waals surface area contributed by atoms with Crippen LogP contribution in [-0.2, 0) is 14.3 Å². The predicted octanol–water partition coefficient (Wildman–Crippen LogP) is 3.59. The van der Waals surface area contributed by atoms with E-state index in [1.807, 2.05) is 60.7 Å². The number of benzene rings is 2. The van der Waals surface area contributed by atoms with Crippen LogP contribution in [0.1, 0.15) is 24.4 Å². The van der Waals surface area contributed by atoms with Crippen molar-refractivity contribution in [2.45, 2.75) is 23.8 Å². The Labute approximate surface area is 152 Å². The number of esters is 1. The number of ether oxygens (including phenoxy) is 1. The first kappa shape index (κ1) is 17.5. The lowest BCUT2D eigenvalue weighted by molar-refractivity contribution is -0.146. The Balaban J connectivity index is 1.43. The molecule has 5 heteroatoms. The molecule has 1 fully saturated rings. The number of nitrogens with one attached hydrogen (secondary N) is 1. The van der Waals surface area contributed by atoms with Crippen LogP contribution in [0, 0.1) is 5.92 Å². The zero-order chi connectivity index (χ0) is 17.5. The monoisotopic (exact) mass is 355 g/mol. The van der Waals surface area contributed by atoms with Gasteiger partial charge >= 0.3 is 5.97 Å². The molecule has 1 aliphatic carbocycles. The second-order valence-electron chi connectivity index (χ2n) is 6.06. The van der Waals surface area contributed by atoms with Crippen LogP contribution >= 0.6 is 11.8 Å². The van der Waals surface area contributed by atoms with Gasteiger partial charge in [-0.15, -0.1) is 11.8 Å². The number of hydrogen-bond donors (Lipinski definition) is 1. The fourth-order valence-corrected chi connectivity index (χ4v) is 3.34. The molecular formula is C20H21NO3S. The molecule has 1 amide bonds. The second kappa shape index (κ2) is 8.72. The molecule has 2 aromatic carbocycles. The third-order valence-corrected chi connectivity index (χ3v) is 5.02. The van der Waals surface area contributed by atoms with Gasteiger partial charge in [-0.25, -0.2) is 0 Å². The summed E-state index contributed by atoms with van der Waals surface area (Å²) in [6, 6.07) is 19.6. The number of rotatable bonds is 8. The predicted molar refractivity (Wildman–Crippen MR) is 98.2 cm³/mol. The third-order valence-electron chi connectivity index (χ3n) is 4.03. The minimum absolute atomic E-state index is 0.00564. The van der Waals surface area contributed by atoms with E-state index >= 15 is 0 Å². The van der Waals surface area contributed by atoms with Crippen molar-refractivity contribution in [1.29, 1.82) is 0 Å². The van der Waals surface area contributed by atoms with Crippen LogP contribution in [0.25, 0.3) is 0 Å². The van der Waals surface area contributed by atoms with Gasteiger partial charge in [0.1, 0.15) is 0 Å². The molecule has 0 spiro atoms. The molecule has 2 aromatic rings. The number of carbonyl (C=O) groups is 2. The van der Waals surface area contributed by atoms with E-state index in [1.165, 1.54) is 11.8 Å². The number of thioether (sulfide) groups is 1. The summed E-state index contributed by atoms with van der Waals surface area (Å²) >= 11 is 1.40. The van der Waals surface area contributed by atoms with Crippen molar-refractivity contribution in [3.8, 4) is 0 Å². The molecule has 1 unspecified atom stereocenters. The van der Waals surface area contributed by atoms with Gasteiger partial charge in [0.2, 0.25) is 0 Å². The molecule has 1 saturated carbocycles. The Morgan fingerprint density at radius 2 is 1.68 bits per heavy atom. The zero-order valence-corrected chi connectivity index (χ0v) is 14.7. The van der Waals surface area contributed by atoms with Crippen LogP contribution in [0.4, 0.5) is 0 Å². The number of carbonyl (C=O) groups excluding carboxylic acids is 2. The van der Waals surface area contributed by atoms with Crippen molar-refractivity contribution in [2.75, 3.05) is 12.4 Å². The smallest absolute Gasteiger partial charge is 0.316 e. The Morgan fingerprint density at radius 1 is 1.04 bits per heavy atom. The van der Waals surface area contributed by atoms with E-state index in [9.17, 15) is 9.59 Å². The molecule has 0 aromatic heterocycles. The van der Waals surface area contributed by atoms with Gasteiger partial charge in [-0.05, 0) is 36.5 Å². The number of amides is 1. The van der Waals surface area contributed by atoms with Crippen molar-refractivity contribution < 1.29 is 14.3 Å². The van der Waals surface area contributed by atoms with Crippen molar-refractivity contribution >= 4 is 23.6 Å². The molecule has 130 valence electrons. The Kier molecular flexibility index (Phi) is 6.12. The molecular weight excluding hydrogens is 334 g/mol. The minimum atomic E-state index is -0.383. The summed E-state index contributed by atoms with van der Waals surface area (Å²) in [7, 11) is 0. The van der Waals surface area contributed by atoms with Crippen molar-refractivity contribution in [1.82, 2.24) is 5.32 Å². The maximum Gasteiger partial charge on any atom is 0.316 e. The molecule has 3 rings (SSSR count). The summed E-state index contributed by atoms with van der Waals surface area (Å²) in [6.45, 7) is -0.232. The summed E-state index contributed by atoms with van der Waals surface area (Å²) in [4.78, 5) is 24.9.